The first-order chi connectivity index (χ1) is 13.5. The summed E-state index contributed by atoms with van der Waals surface area (Å²) in [4.78, 5) is 28.5. The molecule has 2 aromatic rings. The lowest BCUT2D eigenvalue weighted by atomic mass is 10.2. The Morgan fingerprint density at radius 3 is 2.57 bits per heavy atom. The average molecular weight is 399 g/mol. The van der Waals surface area contributed by atoms with E-state index in [1.807, 2.05) is 30.3 Å². The Hall–Kier alpha value is -3.05. The maximum absolute atomic E-state index is 12.4. The number of ether oxygens (including phenoxy) is 2. The second-order valence-corrected chi connectivity index (χ2v) is 7.04. The van der Waals surface area contributed by atoms with Gasteiger partial charge >= 0.3 is 5.97 Å². The molecule has 0 spiro atoms. The van der Waals surface area contributed by atoms with E-state index >= 15 is 0 Å². The van der Waals surface area contributed by atoms with E-state index in [0.29, 0.717) is 17.1 Å². The number of nitrogens with zero attached hydrogens (tertiary/aromatic N) is 2. The number of carbonyl (C=O) groups excluding carboxylic acids is 2. The fraction of sp³-hybridized carbons (Fsp3) is 0.300. The van der Waals surface area contributed by atoms with Crippen molar-refractivity contribution in [2.45, 2.75) is 30.7 Å². The van der Waals surface area contributed by atoms with Crippen LogP contribution in [0.25, 0.3) is 0 Å². The molecule has 1 aromatic heterocycles. The van der Waals surface area contributed by atoms with Crippen LogP contribution in [0.1, 0.15) is 35.5 Å². The Bertz CT molecular complexity index is 878. The molecule has 28 heavy (non-hydrogen) atoms. The van der Waals surface area contributed by atoms with E-state index in [2.05, 4.69) is 10.3 Å². The van der Waals surface area contributed by atoms with Gasteiger partial charge in [-0.3, -0.25) is 4.79 Å². The zero-order chi connectivity index (χ0) is 20.5. The van der Waals surface area contributed by atoms with E-state index in [-0.39, 0.29) is 18.2 Å². The number of hydrogen-bond donors (Lipinski definition) is 1. The van der Waals surface area contributed by atoms with Crippen LogP contribution in [0.4, 0.5) is 0 Å². The predicted octanol–water partition coefficient (Wildman–Crippen LogP) is 2.94. The maximum atomic E-state index is 12.4. The van der Waals surface area contributed by atoms with Crippen LogP contribution < -0.4 is 10.1 Å². The number of amides is 1. The van der Waals surface area contributed by atoms with Gasteiger partial charge in [-0.25, -0.2) is 9.78 Å². The molecule has 0 radical (unpaired) electrons. The van der Waals surface area contributed by atoms with Gasteiger partial charge in [-0.1, -0.05) is 23.9 Å². The molecule has 0 saturated carbocycles. The lowest BCUT2D eigenvalue weighted by Crippen LogP contribution is -2.30. The molecular weight excluding hydrogens is 378 g/mol. The Balaban J connectivity index is 2.02. The summed E-state index contributed by atoms with van der Waals surface area (Å²) in [5.74, 6) is -0.0194. The fourth-order valence-corrected chi connectivity index (χ4v) is 3.15. The Kier molecular flexibility index (Phi) is 7.84. The van der Waals surface area contributed by atoms with Crippen molar-refractivity contribution in [3.05, 3.63) is 53.2 Å². The highest BCUT2D eigenvalue weighted by Crippen LogP contribution is 2.25. The third-order valence-electron chi connectivity index (χ3n) is 3.75. The lowest BCUT2D eigenvalue weighted by molar-refractivity contribution is -0.120. The highest BCUT2D eigenvalue weighted by Gasteiger charge is 2.19. The standard InChI is InChI=1S/C20H21N3O4S/c1-4-27-20(25)17-10-7-15(11-21)19(23-17)28-13(2)18(24)22-12-14-5-8-16(26-3)9-6-14/h5-10,13H,4,12H2,1-3H3,(H,22,24)/t13-/m1/s1. The van der Waals surface area contributed by atoms with Crippen molar-refractivity contribution in [2.75, 3.05) is 13.7 Å². The minimum atomic E-state index is -0.564. The number of rotatable bonds is 8. The van der Waals surface area contributed by atoms with Gasteiger partial charge in [-0.05, 0) is 43.7 Å². The largest absolute Gasteiger partial charge is 0.497 e. The molecule has 0 aliphatic rings. The Labute approximate surface area is 168 Å². The molecule has 0 bridgehead atoms. The molecule has 2 rings (SSSR count). The topological polar surface area (TPSA) is 101 Å². The van der Waals surface area contributed by atoms with Gasteiger partial charge in [0.1, 0.15) is 22.5 Å². The number of hydrogen-bond acceptors (Lipinski definition) is 7. The van der Waals surface area contributed by atoms with Crippen molar-refractivity contribution in [1.82, 2.24) is 10.3 Å². The molecule has 0 aliphatic heterocycles. The van der Waals surface area contributed by atoms with Crippen LogP contribution in [0.2, 0.25) is 0 Å². The van der Waals surface area contributed by atoms with Crippen molar-refractivity contribution < 1.29 is 19.1 Å². The number of nitriles is 1. The van der Waals surface area contributed by atoms with Gasteiger partial charge in [0.25, 0.3) is 0 Å². The van der Waals surface area contributed by atoms with Crippen LogP contribution in [0.5, 0.6) is 5.75 Å². The van der Waals surface area contributed by atoms with Gasteiger partial charge in [-0.15, -0.1) is 0 Å². The van der Waals surface area contributed by atoms with Gasteiger partial charge in [0.05, 0.1) is 24.5 Å². The number of carbonyl (C=O) groups is 2. The van der Waals surface area contributed by atoms with E-state index in [1.165, 1.54) is 12.1 Å². The first-order valence-corrected chi connectivity index (χ1v) is 9.52. The summed E-state index contributed by atoms with van der Waals surface area (Å²) in [7, 11) is 1.59. The van der Waals surface area contributed by atoms with Crippen LogP contribution in [0.15, 0.2) is 41.4 Å². The van der Waals surface area contributed by atoms with Crippen LogP contribution in [0.3, 0.4) is 0 Å². The molecule has 0 fully saturated rings. The molecule has 0 aliphatic carbocycles. The molecule has 7 nitrogen and oxygen atoms in total. The minimum Gasteiger partial charge on any atom is -0.497 e. The summed E-state index contributed by atoms with van der Waals surface area (Å²) in [6, 6.07) is 12.4. The third-order valence-corrected chi connectivity index (χ3v) is 4.85. The smallest absolute Gasteiger partial charge is 0.356 e. The summed E-state index contributed by atoms with van der Waals surface area (Å²) in [6.07, 6.45) is 0. The van der Waals surface area contributed by atoms with Gasteiger partial charge in [0.15, 0.2) is 0 Å². The highest BCUT2D eigenvalue weighted by molar-refractivity contribution is 8.00. The molecule has 8 heteroatoms. The van der Waals surface area contributed by atoms with E-state index < -0.39 is 11.2 Å². The molecule has 1 N–H and O–H groups in total. The second kappa shape index (κ2) is 10.3. The predicted molar refractivity (Wildman–Crippen MR) is 105 cm³/mol. The zero-order valence-corrected chi connectivity index (χ0v) is 16.7. The monoisotopic (exact) mass is 399 g/mol. The second-order valence-electron chi connectivity index (χ2n) is 5.71. The molecule has 1 aromatic carbocycles. The summed E-state index contributed by atoms with van der Waals surface area (Å²) >= 11 is 1.12. The van der Waals surface area contributed by atoms with Gasteiger partial charge in [0.2, 0.25) is 5.91 Å². The zero-order valence-electron chi connectivity index (χ0n) is 15.9. The molecule has 1 atom stereocenters. The number of esters is 1. The molecule has 1 heterocycles. The number of thioether (sulfide) groups is 1. The van der Waals surface area contributed by atoms with Gasteiger partial charge < -0.3 is 14.8 Å². The van der Waals surface area contributed by atoms with Crippen LogP contribution >= 0.6 is 11.8 Å². The molecule has 0 unspecified atom stereocenters. The maximum Gasteiger partial charge on any atom is 0.356 e. The van der Waals surface area contributed by atoms with Gasteiger partial charge in [-0.2, -0.15) is 5.26 Å². The van der Waals surface area contributed by atoms with Gasteiger partial charge in [0, 0.05) is 6.54 Å². The van der Waals surface area contributed by atoms with Crippen molar-refractivity contribution >= 4 is 23.6 Å². The van der Waals surface area contributed by atoms with Crippen molar-refractivity contribution in [3.8, 4) is 11.8 Å². The van der Waals surface area contributed by atoms with Crippen molar-refractivity contribution in [1.29, 1.82) is 5.26 Å². The van der Waals surface area contributed by atoms with Crippen molar-refractivity contribution in [3.63, 3.8) is 0 Å². The average Bonchev–Trinajstić information content (AvgIpc) is 2.72. The molecule has 146 valence electrons. The molecule has 0 saturated heterocycles. The van der Waals surface area contributed by atoms with E-state index in [9.17, 15) is 14.9 Å². The van der Waals surface area contributed by atoms with Crippen LogP contribution in [0, 0.1) is 11.3 Å². The van der Waals surface area contributed by atoms with E-state index in [4.69, 9.17) is 9.47 Å². The summed E-state index contributed by atoms with van der Waals surface area (Å²) < 4.78 is 10.0. The number of nitrogens with one attached hydrogen (secondary N) is 1. The van der Waals surface area contributed by atoms with E-state index in [0.717, 1.165) is 23.1 Å². The summed E-state index contributed by atoms with van der Waals surface area (Å²) in [5, 5.41) is 11.9. The first kappa shape index (κ1) is 21.3. The highest BCUT2D eigenvalue weighted by atomic mass is 32.2. The first-order valence-electron chi connectivity index (χ1n) is 8.64. The third kappa shape index (κ3) is 5.72. The Morgan fingerprint density at radius 2 is 1.96 bits per heavy atom. The normalized spacial score (nSPS) is 11.2. The Morgan fingerprint density at radius 1 is 1.25 bits per heavy atom. The summed E-state index contributed by atoms with van der Waals surface area (Å²) in [5.41, 5.74) is 1.34. The number of aromatic nitrogens is 1. The van der Waals surface area contributed by atoms with Crippen molar-refractivity contribution in [2.24, 2.45) is 0 Å². The number of methoxy groups -OCH3 is 1. The SMILES string of the molecule is CCOC(=O)c1ccc(C#N)c(S[C@H](C)C(=O)NCc2ccc(OC)cc2)n1. The summed E-state index contributed by atoms with van der Waals surface area (Å²) in [6.45, 7) is 4.02. The van der Waals surface area contributed by atoms with Crippen LogP contribution in [-0.4, -0.2) is 35.8 Å². The quantitative estimate of drug-likeness (QED) is 0.538. The van der Waals surface area contributed by atoms with Crippen LogP contribution in [-0.2, 0) is 16.1 Å². The minimum absolute atomic E-state index is 0.106. The van der Waals surface area contributed by atoms with E-state index in [1.54, 1.807) is 21.0 Å². The lowest BCUT2D eigenvalue weighted by Gasteiger charge is -2.13. The molecular formula is C20H21N3O4S. The molecule has 1 amide bonds. The fourth-order valence-electron chi connectivity index (χ4n) is 2.23. The number of benzene rings is 1. The number of pyridine rings is 1.